The van der Waals surface area contributed by atoms with Crippen molar-refractivity contribution in [1.29, 1.82) is 0 Å². The van der Waals surface area contributed by atoms with E-state index in [0.717, 1.165) is 75.5 Å². The van der Waals surface area contributed by atoms with Gasteiger partial charge in [0.2, 0.25) is 0 Å². The van der Waals surface area contributed by atoms with Gasteiger partial charge in [0.15, 0.2) is 6.10 Å². The lowest BCUT2D eigenvalue weighted by atomic mass is 10.0. The molecule has 0 radical (unpaired) electrons. The van der Waals surface area contributed by atoms with Crippen LogP contribution >= 0.6 is 0 Å². The smallest absolute Gasteiger partial charge is 0.306 e. The van der Waals surface area contributed by atoms with E-state index in [0.29, 0.717) is 19.3 Å². The first-order valence-corrected chi connectivity index (χ1v) is 26.6. The van der Waals surface area contributed by atoms with E-state index >= 15 is 0 Å². The van der Waals surface area contributed by atoms with Crippen molar-refractivity contribution in [3.8, 4) is 0 Å². The van der Waals surface area contributed by atoms with Crippen LogP contribution in [0, 0.1) is 17.8 Å². The third-order valence-corrected chi connectivity index (χ3v) is 12.1. The van der Waals surface area contributed by atoms with Crippen molar-refractivity contribution in [2.75, 3.05) is 13.2 Å². The normalized spacial score (nSPS) is 12.2. The van der Waals surface area contributed by atoms with Crippen LogP contribution in [0.5, 0.6) is 0 Å². The van der Waals surface area contributed by atoms with Gasteiger partial charge in [-0.2, -0.15) is 0 Å². The zero-order valence-electron chi connectivity index (χ0n) is 41.3. The lowest BCUT2D eigenvalue weighted by molar-refractivity contribution is -0.167. The summed E-state index contributed by atoms with van der Waals surface area (Å²) in [4.78, 5) is 38.0. The number of ether oxygens (including phenoxy) is 3. The molecule has 0 amide bonds. The fraction of sp³-hybridized carbons (Fsp3) is 0.944. The Morgan fingerprint density at radius 3 is 0.717 bits per heavy atom. The minimum atomic E-state index is -0.763. The number of unbranched alkanes of at least 4 members (excludes halogenated alkanes) is 30. The third-order valence-electron chi connectivity index (χ3n) is 12.1. The highest BCUT2D eigenvalue weighted by molar-refractivity contribution is 5.71. The molecule has 0 rings (SSSR count). The molecule has 0 fully saturated rings. The number of hydrogen-bond acceptors (Lipinski definition) is 6. The molecule has 6 nitrogen and oxygen atoms in total. The van der Waals surface area contributed by atoms with Gasteiger partial charge in [-0.15, -0.1) is 0 Å². The molecule has 0 aliphatic carbocycles. The minimum Gasteiger partial charge on any atom is -0.462 e. The molecule has 0 aromatic heterocycles. The molecule has 6 heteroatoms. The Morgan fingerprint density at radius 2 is 0.483 bits per heavy atom. The predicted octanol–water partition coefficient (Wildman–Crippen LogP) is 17.2. The van der Waals surface area contributed by atoms with Crippen LogP contribution in [0.15, 0.2) is 0 Å². The van der Waals surface area contributed by atoms with Crippen LogP contribution in [0.25, 0.3) is 0 Å². The van der Waals surface area contributed by atoms with E-state index in [1.807, 2.05) is 0 Å². The monoisotopic (exact) mass is 849 g/mol. The summed E-state index contributed by atoms with van der Waals surface area (Å²) in [6, 6.07) is 0. The zero-order chi connectivity index (χ0) is 44.2. The molecule has 0 saturated carbocycles. The molecule has 0 heterocycles. The third kappa shape index (κ3) is 47.5. The van der Waals surface area contributed by atoms with Crippen LogP contribution in [-0.4, -0.2) is 37.2 Å². The van der Waals surface area contributed by atoms with E-state index in [2.05, 4.69) is 41.5 Å². The van der Waals surface area contributed by atoms with Gasteiger partial charge >= 0.3 is 17.9 Å². The van der Waals surface area contributed by atoms with E-state index in [9.17, 15) is 14.4 Å². The van der Waals surface area contributed by atoms with Crippen molar-refractivity contribution >= 4 is 17.9 Å². The van der Waals surface area contributed by atoms with Crippen LogP contribution in [0.3, 0.4) is 0 Å². The van der Waals surface area contributed by atoms with Crippen LogP contribution in [0.2, 0.25) is 0 Å². The molecule has 0 saturated heterocycles. The van der Waals surface area contributed by atoms with Gasteiger partial charge in [-0.05, 0) is 37.0 Å². The van der Waals surface area contributed by atoms with Gasteiger partial charge in [0.1, 0.15) is 13.2 Å². The fourth-order valence-corrected chi connectivity index (χ4v) is 8.12. The standard InChI is InChI=1S/C54H104O6/c1-48(2)40-34-28-22-17-13-9-7-11-15-19-25-31-37-43-52(55)58-46-51(47-59-53(56)44-38-32-27-21-24-30-36-42-50(5)6)60-54(57)45-39-33-26-20-16-12-8-10-14-18-23-29-35-41-49(3)4/h48-51H,7-47H2,1-6H3/t51-/m1/s1. The summed E-state index contributed by atoms with van der Waals surface area (Å²) >= 11 is 0. The Labute approximate surface area is 374 Å². The lowest BCUT2D eigenvalue weighted by Crippen LogP contribution is -2.30. The second-order valence-electron chi connectivity index (χ2n) is 19.9. The first-order chi connectivity index (χ1) is 29.1. The molecule has 356 valence electrons. The van der Waals surface area contributed by atoms with E-state index in [1.54, 1.807) is 0 Å². The topological polar surface area (TPSA) is 78.9 Å². The Hall–Kier alpha value is -1.59. The van der Waals surface area contributed by atoms with Crippen LogP contribution in [0.1, 0.15) is 292 Å². The quantitative estimate of drug-likeness (QED) is 0.0345. The Kier molecular flexibility index (Phi) is 44.2. The number of hydrogen-bond donors (Lipinski definition) is 0. The Morgan fingerprint density at radius 1 is 0.283 bits per heavy atom. The average Bonchev–Trinajstić information content (AvgIpc) is 3.20. The molecule has 0 N–H and O–H groups in total. The lowest BCUT2D eigenvalue weighted by Gasteiger charge is -2.18. The summed E-state index contributed by atoms with van der Waals surface area (Å²) in [5.74, 6) is 1.61. The number of carbonyl (C=O) groups is 3. The second kappa shape index (κ2) is 45.4. The summed E-state index contributed by atoms with van der Waals surface area (Å²) in [6.07, 6.45) is 45.3. The fourth-order valence-electron chi connectivity index (χ4n) is 8.12. The summed E-state index contributed by atoms with van der Waals surface area (Å²) in [5.41, 5.74) is 0. The highest BCUT2D eigenvalue weighted by atomic mass is 16.6. The van der Waals surface area contributed by atoms with Gasteiger partial charge in [0, 0.05) is 19.3 Å². The van der Waals surface area contributed by atoms with Crippen LogP contribution in [0.4, 0.5) is 0 Å². The average molecular weight is 849 g/mol. The summed E-state index contributed by atoms with van der Waals surface area (Å²) in [6.45, 7) is 13.7. The van der Waals surface area contributed by atoms with Crippen molar-refractivity contribution in [2.24, 2.45) is 17.8 Å². The highest BCUT2D eigenvalue weighted by Gasteiger charge is 2.19. The van der Waals surface area contributed by atoms with Gasteiger partial charge in [0.05, 0.1) is 0 Å². The molecule has 1 atom stereocenters. The van der Waals surface area contributed by atoms with E-state index in [1.165, 1.54) is 173 Å². The Bertz CT molecular complexity index is 929. The number of esters is 3. The molecule has 0 unspecified atom stereocenters. The first kappa shape index (κ1) is 58.4. The molecule has 0 bridgehead atoms. The SMILES string of the molecule is CC(C)CCCCCCCCCCCCCCCC(=O)OC[C@H](COC(=O)CCCCCCCCCC(C)C)OC(=O)CCCCCCCCCCCCCCCC(C)C. The van der Waals surface area contributed by atoms with Gasteiger partial charge in [-0.1, -0.05) is 253 Å². The van der Waals surface area contributed by atoms with Crippen LogP contribution < -0.4 is 0 Å². The molecule has 0 aliphatic heterocycles. The molecule has 0 aromatic rings. The molecular formula is C54H104O6. The maximum absolute atomic E-state index is 12.8. The van der Waals surface area contributed by atoms with E-state index in [4.69, 9.17) is 14.2 Å². The summed E-state index contributed by atoms with van der Waals surface area (Å²) in [7, 11) is 0. The number of rotatable bonds is 47. The van der Waals surface area contributed by atoms with Gasteiger partial charge in [-0.3, -0.25) is 14.4 Å². The molecule has 60 heavy (non-hydrogen) atoms. The van der Waals surface area contributed by atoms with Crippen LogP contribution in [-0.2, 0) is 28.6 Å². The molecule has 0 spiro atoms. The Balaban J connectivity index is 4.28. The van der Waals surface area contributed by atoms with Gasteiger partial charge in [0.25, 0.3) is 0 Å². The maximum Gasteiger partial charge on any atom is 0.306 e. The zero-order valence-corrected chi connectivity index (χ0v) is 41.3. The second-order valence-corrected chi connectivity index (χ2v) is 19.9. The van der Waals surface area contributed by atoms with E-state index in [-0.39, 0.29) is 31.1 Å². The molecule has 0 aromatic carbocycles. The van der Waals surface area contributed by atoms with Crippen molar-refractivity contribution in [1.82, 2.24) is 0 Å². The van der Waals surface area contributed by atoms with Crippen molar-refractivity contribution < 1.29 is 28.6 Å². The highest BCUT2D eigenvalue weighted by Crippen LogP contribution is 2.18. The van der Waals surface area contributed by atoms with Crippen molar-refractivity contribution in [2.45, 2.75) is 298 Å². The van der Waals surface area contributed by atoms with E-state index < -0.39 is 6.10 Å². The largest absolute Gasteiger partial charge is 0.462 e. The summed E-state index contributed by atoms with van der Waals surface area (Å²) in [5, 5.41) is 0. The summed E-state index contributed by atoms with van der Waals surface area (Å²) < 4.78 is 16.8. The number of carbonyl (C=O) groups excluding carboxylic acids is 3. The van der Waals surface area contributed by atoms with Crippen molar-refractivity contribution in [3.63, 3.8) is 0 Å². The van der Waals surface area contributed by atoms with Gasteiger partial charge < -0.3 is 14.2 Å². The van der Waals surface area contributed by atoms with Crippen molar-refractivity contribution in [3.05, 3.63) is 0 Å². The maximum atomic E-state index is 12.8. The van der Waals surface area contributed by atoms with Gasteiger partial charge in [-0.25, -0.2) is 0 Å². The molecule has 0 aliphatic rings. The molecular weight excluding hydrogens is 745 g/mol. The predicted molar refractivity (Wildman–Crippen MR) is 256 cm³/mol. The first-order valence-electron chi connectivity index (χ1n) is 26.6. The minimum absolute atomic E-state index is 0.0647.